The van der Waals surface area contributed by atoms with Gasteiger partial charge in [0.2, 0.25) is 0 Å². The Morgan fingerprint density at radius 3 is 2.27 bits per heavy atom. The second kappa shape index (κ2) is 6.75. The summed E-state index contributed by atoms with van der Waals surface area (Å²) in [4.78, 5) is 11.8. The smallest absolute Gasteiger partial charge is 0.280 e. The van der Waals surface area contributed by atoms with Gasteiger partial charge in [-0.15, -0.1) is 0 Å². The number of rotatable bonds is 4. The molecule has 0 saturated heterocycles. The third-order valence-corrected chi connectivity index (χ3v) is 5.84. The maximum absolute atomic E-state index is 12.6. The number of aromatic nitrogens is 4. The highest BCUT2D eigenvalue weighted by Gasteiger charge is 2.19. The predicted octanol–water partition coefficient (Wildman–Crippen LogP) is 2.38. The van der Waals surface area contributed by atoms with Gasteiger partial charge in [-0.1, -0.05) is 23.2 Å². The summed E-state index contributed by atoms with van der Waals surface area (Å²) in [6, 6.07) is 8.89. The minimum Gasteiger partial charge on any atom is -0.280 e. The molecule has 26 heavy (non-hydrogen) atoms. The van der Waals surface area contributed by atoms with E-state index >= 15 is 0 Å². The molecular weight excluding hydrogens is 401 g/mol. The molecule has 0 spiro atoms. The summed E-state index contributed by atoms with van der Waals surface area (Å²) in [6.07, 6.45) is 0. The van der Waals surface area contributed by atoms with Gasteiger partial charge in [-0.05, 0) is 59.3 Å². The van der Waals surface area contributed by atoms with E-state index in [2.05, 4.69) is 15.1 Å². The molecule has 0 radical (unpaired) electrons. The lowest BCUT2D eigenvalue weighted by Crippen LogP contribution is -2.21. The van der Waals surface area contributed by atoms with E-state index in [1.165, 1.54) is 31.3 Å². The summed E-state index contributed by atoms with van der Waals surface area (Å²) >= 11 is 12.0. The second-order valence-electron chi connectivity index (χ2n) is 5.48. The molecule has 8 nitrogen and oxygen atoms in total. The molecule has 1 aromatic heterocycles. The fourth-order valence-electron chi connectivity index (χ4n) is 2.19. The lowest BCUT2D eigenvalue weighted by atomic mass is 10.2. The van der Waals surface area contributed by atoms with Crippen LogP contribution in [-0.2, 0) is 17.1 Å². The SMILES string of the molecule is Cc1cc(S(=O)(=O)Nc2ccc(-n3nnn(C)c3=O)cc2)c(Cl)cc1Cl. The Morgan fingerprint density at radius 2 is 1.69 bits per heavy atom. The highest BCUT2D eigenvalue weighted by Crippen LogP contribution is 2.29. The van der Waals surface area contributed by atoms with E-state index in [1.807, 2.05) is 0 Å². The molecule has 1 N–H and O–H groups in total. The maximum Gasteiger partial charge on any atom is 0.368 e. The van der Waals surface area contributed by atoms with Gasteiger partial charge in [-0.25, -0.2) is 13.2 Å². The first-order valence-electron chi connectivity index (χ1n) is 7.27. The van der Waals surface area contributed by atoms with Crippen molar-refractivity contribution in [2.75, 3.05) is 4.72 Å². The monoisotopic (exact) mass is 413 g/mol. The van der Waals surface area contributed by atoms with Gasteiger partial charge in [0, 0.05) is 17.8 Å². The van der Waals surface area contributed by atoms with Crippen LogP contribution in [0.3, 0.4) is 0 Å². The Balaban J connectivity index is 1.90. The van der Waals surface area contributed by atoms with Gasteiger partial charge in [-0.3, -0.25) is 4.72 Å². The van der Waals surface area contributed by atoms with Crippen molar-refractivity contribution in [3.8, 4) is 5.69 Å². The Morgan fingerprint density at radius 1 is 1.04 bits per heavy atom. The summed E-state index contributed by atoms with van der Waals surface area (Å²) < 4.78 is 29.8. The zero-order valence-electron chi connectivity index (χ0n) is 13.6. The average molecular weight is 414 g/mol. The number of anilines is 1. The molecule has 0 aliphatic carbocycles. The van der Waals surface area contributed by atoms with Crippen molar-refractivity contribution >= 4 is 38.9 Å². The van der Waals surface area contributed by atoms with Crippen molar-refractivity contribution in [3.63, 3.8) is 0 Å². The number of benzene rings is 2. The Bertz CT molecular complexity index is 1140. The molecular formula is C15H13Cl2N5O3S. The van der Waals surface area contributed by atoms with Crippen LogP contribution < -0.4 is 10.4 Å². The van der Waals surface area contributed by atoms with E-state index in [1.54, 1.807) is 19.1 Å². The zero-order valence-corrected chi connectivity index (χ0v) is 16.0. The van der Waals surface area contributed by atoms with Crippen LogP contribution in [0.5, 0.6) is 0 Å². The van der Waals surface area contributed by atoms with E-state index < -0.39 is 15.7 Å². The molecule has 0 fully saturated rings. The molecule has 0 amide bonds. The van der Waals surface area contributed by atoms with Gasteiger partial charge in [0.1, 0.15) is 4.90 Å². The fraction of sp³-hybridized carbons (Fsp3) is 0.133. The minimum atomic E-state index is -3.91. The normalized spacial score (nSPS) is 11.5. The summed E-state index contributed by atoms with van der Waals surface area (Å²) in [5.74, 6) is 0. The van der Waals surface area contributed by atoms with Crippen LogP contribution >= 0.6 is 23.2 Å². The number of halogens is 2. The lowest BCUT2D eigenvalue weighted by Gasteiger charge is -2.11. The standard InChI is InChI=1S/C15H13Cl2N5O3S/c1-9-7-14(13(17)8-12(9)16)26(24,25)18-10-3-5-11(6-4-10)22-15(23)21(2)19-20-22/h3-8,18H,1-2H3. The van der Waals surface area contributed by atoms with Gasteiger partial charge in [0.25, 0.3) is 10.0 Å². The Hall–Kier alpha value is -2.36. The van der Waals surface area contributed by atoms with Gasteiger partial charge in [0.05, 0.1) is 10.7 Å². The van der Waals surface area contributed by atoms with Crippen LogP contribution in [-0.4, -0.2) is 28.2 Å². The highest BCUT2D eigenvalue weighted by molar-refractivity contribution is 7.92. The van der Waals surface area contributed by atoms with Crippen LogP contribution in [0.15, 0.2) is 46.1 Å². The minimum absolute atomic E-state index is 0.0239. The van der Waals surface area contributed by atoms with Gasteiger partial charge in [-0.2, -0.15) is 9.36 Å². The van der Waals surface area contributed by atoms with Crippen molar-refractivity contribution < 1.29 is 8.42 Å². The first-order valence-corrected chi connectivity index (χ1v) is 9.51. The number of hydrogen-bond acceptors (Lipinski definition) is 5. The zero-order chi connectivity index (χ0) is 19.1. The molecule has 0 aliphatic rings. The summed E-state index contributed by atoms with van der Waals surface area (Å²) in [7, 11) is -2.43. The summed E-state index contributed by atoms with van der Waals surface area (Å²) in [5, 5.41) is 7.74. The van der Waals surface area contributed by atoms with Crippen LogP contribution in [0, 0.1) is 6.92 Å². The number of hydrogen-bond donors (Lipinski definition) is 1. The third kappa shape index (κ3) is 3.46. The summed E-state index contributed by atoms with van der Waals surface area (Å²) in [5.41, 5.74) is 0.927. The molecule has 1 heterocycles. The van der Waals surface area contributed by atoms with E-state index in [0.29, 0.717) is 22.0 Å². The Kier molecular flexibility index (Phi) is 4.78. The van der Waals surface area contributed by atoms with Crippen molar-refractivity contribution in [1.29, 1.82) is 0 Å². The molecule has 0 unspecified atom stereocenters. The van der Waals surface area contributed by atoms with E-state index in [0.717, 1.165) is 9.36 Å². The van der Waals surface area contributed by atoms with Crippen molar-refractivity contribution in [3.05, 3.63) is 62.5 Å². The quantitative estimate of drug-likeness (QED) is 0.707. The van der Waals surface area contributed by atoms with Crippen LogP contribution in [0.1, 0.15) is 5.56 Å². The number of nitrogens with one attached hydrogen (secondary N) is 1. The summed E-state index contributed by atoms with van der Waals surface area (Å²) in [6.45, 7) is 1.69. The highest BCUT2D eigenvalue weighted by atomic mass is 35.5. The third-order valence-electron chi connectivity index (χ3n) is 3.59. The topological polar surface area (TPSA) is 98.9 Å². The molecule has 0 bridgehead atoms. The molecule has 2 aromatic carbocycles. The van der Waals surface area contributed by atoms with Gasteiger partial charge in [0.15, 0.2) is 0 Å². The molecule has 0 saturated carbocycles. The average Bonchev–Trinajstić information content (AvgIpc) is 2.91. The van der Waals surface area contributed by atoms with E-state index in [9.17, 15) is 13.2 Å². The maximum atomic E-state index is 12.6. The second-order valence-corrected chi connectivity index (χ2v) is 7.95. The van der Waals surface area contributed by atoms with E-state index in [-0.39, 0.29) is 9.92 Å². The molecule has 136 valence electrons. The fourth-order valence-corrected chi connectivity index (χ4v) is 4.08. The van der Waals surface area contributed by atoms with Crippen LogP contribution in [0.2, 0.25) is 10.0 Å². The van der Waals surface area contributed by atoms with Crippen molar-refractivity contribution in [2.24, 2.45) is 7.05 Å². The number of aryl methyl sites for hydroxylation is 2. The Labute approximate surface area is 159 Å². The molecule has 3 rings (SSSR count). The van der Waals surface area contributed by atoms with Crippen molar-refractivity contribution in [2.45, 2.75) is 11.8 Å². The van der Waals surface area contributed by atoms with Gasteiger partial charge < -0.3 is 0 Å². The van der Waals surface area contributed by atoms with E-state index in [4.69, 9.17) is 23.2 Å². The largest absolute Gasteiger partial charge is 0.368 e. The number of nitrogens with zero attached hydrogens (tertiary/aromatic N) is 4. The van der Waals surface area contributed by atoms with Crippen LogP contribution in [0.25, 0.3) is 5.69 Å². The number of sulfonamides is 1. The first-order chi connectivity index (χ1) is 12.2. The first kappa shape index (κ1) is 18.4. The van der Waals surface area contributed by atoms with Crippen LogP contribution in [0.4, 0.5) is 5.69 Å². The lowest BCUT2D eigenvalue weighted by molar-refractivity contribution is 0.601. The predicted molar refractivity (Wildman–Crippen MR) is 98.6 cm³/mol. The molecule has 3 aromatic rings. The van der Waals surface area contributed by atoms with Crippen molar-refractivity contribution in [1.82, 2.24) is 19.8 Å². The van der Waals surface area contributed by atoms with Gasteiger partial charge >= 0.3 is 5.69 Å². The molecule has 0 aliphatic heterocycles. The number of tetrazole rings is 1. The molecule has 0 atom stereocenters. The molecule has 11 heteroatoms.